The molecular weight excluding hydrogens is 304 g/mol. The summed E-state index contributed by atoms with van der Waals surface area (Å²) in [5.41, 5.74) is 1.11. The first-order chi connectivity index (χ1) is 11.6. The second-order valence-electron chi connectivity index (χ2n) is 5.51. The lowest BCUT2D eigenvalue weighted by atomic mass is 9.97. The monoisotopic (exact) mass is 316 g/mol. The second-order valence-corrected chi connectivity index (χ2v) is 5.51. The number of pyridine rings is 1. The number of aromatic hydroxyl groups is 1. The van der Waals surface area contributed by atoms with Crippen molar-refractivity contribution in [1.29, 1.82) is 0 Å². The molecule has 5 heteroatoms. The summed E-state index contributed by atoms with van der Waals surface area (Å²) in [5.74, 6) is -0.0214. The van der Waals surface area contributed by atoms with E-state index >= 15 is 0 Å². The van der Waals surface area contributed by atoms with E-state index in [0.29, 0.717) is 16.5 Å². The summed E-state index contributed by atoms with van der Waals surface area (Å²) >= 11 is 0. The third-order valence-electron chi connectivity index (χ3n) is 4.09. The number of phenolic OH excluding ortho intramolecular Hbond substituents is 1. The minimum Gasteiger partial charge on any atom is -0.507 e. The molecule has 24 heavy (non-hydrogen) atoms. The zero-order chi connectivity index (χ0) is 16.7. The Bertz CT molecular complexity index is 1110. The highest BCUT2D eigenvalue weighted by Gasteiger charge is 2.23. The number of hydrogen-bond donors (Lipinski definition) is 1. The Hall–Kier alpha value is -3.47. The van der Waals surface area contributed by atoms with E-state index in [9.17, 15) is 15.2 Å². The SMILES string of the molecule is O=[N+]([O-])c1c(-c2ccc3ccccc3c2)cc(O)c2cccnc12. The number of nitro groups is 1. The molecule has 116 valence electrons. The zero-order valence-electron chi connectivity index (χ0n) is 12.5. The van der Waals surface area contributed by atoms with E-state index in [0.717, 1.165) is 10.8 Å². The van der Waals surface area contributed by atoms with Crippen molar-refractivity contribution < 1.29 is 10.0 Å². The maximum absolute atomic E-state index is 11.7. The molecule has 0 amide bonds. The van der Waals surface area contributed by atoms with E-state index in [1.807, 2.05) is 42.5 Å². The number of fused-ring (bicyclic) bond motifs is 2. The first-order valence-electron chi connectivity index (χ1n) is 7.39. The van der Waals surface area contributed by atoms with Crippen LogP contribution in [0.4, 0.5) is 5.69 Å². The molecule has 0 aliphatic carbocycles. The summed E-state index contributed by atoms with van der Waals surface area (Å²) in [4.78, 5) is 15.3. The molecule has 0 saturated carbocycles. The molecule has 0 aliphatic heterocycles. The van der Waals surface area contributed by atoms with Crippen molar-refractivity contribution in [3.8, 4) is 16.9 Å². The Morgan fingerprint density at radius 1 is 0.958 bits per heavy atom. The van der Waals surface area contributed by atoms with Crippen molar-refractivity contribution in [2.45, 2.75) is 0 Å². The van der Waals surface area contributed by atoms with Crippen LogP contribution < -0.4 is 0 Å². The Morgan fingerprint density at radius 3 is 2.54 bits per heavy atom. The van der Waals surface area contributed by atoms with E-state index in [-0.39, 0.29) is 17.0 Å². The molecule has 1 aromatic heterocycles. The molecule has 1 heterocycles. The quantitative estimate of drug-likeness (QED) is 0.431. The third-order valence-corrected chi connectivity index (χ3v) is 4.09. The fraction of sp³-hybridized carbons (Fsp3) is 0. The average molecular weight is 316 g/mol. The van der Waals surface area contributed by atoms with Gasteiger partial charge in [0.15, 0.2) is 5.52 Å². The molecule has 3 aromatic carbocycles. The molecule has 0 spiro atoms. The van der Waals surface area contributed by atoms with Gasteiger partial charge < -0.3 is 5.11 Å². The van der Waals surface area contributed by atoms with Gasteiger partial charge >= 0.3 is 5.69 Å². The molecule has 4 aromatic rings. The molecule has 4 rings (SSSR count). The predicted octanol–water partition coefficient (Wildman–Crippen LogP) is 4.67. The molecule has 0 unspecified atom stereocenters. The van der Waals surface area contributed by atoms with Crippen molar-refractivity contribution >= 4 is 27.4 Å². The molecule has 0 atom stereocenters. The molecule has 0 fully saturated rings. The summed E-state index contributed by atoms with van der Waals surface area (Å²) in [7, 11) is 0. The summed E-state index contributed by atoms with van der Waals surface area (Å²) in [6.07, 6.45) is 1.49. The lowest BCUT2D eigenvalue weighted by Crippen LogP contribution is -1.96. The number of phenols is 1. The van der Waals surface area contributed by atoms with Crippen LogP contribution in [0.2, 0.25) is 0 Å². The van der Waals surface area contributed by atoms with Crippen LogP contribution in [0.3, 0.4) is 0 Å². The van der Waals surface area contributed by atoms with Crippen LogP contribution in [-0.4, -0.2) is 15.0 Å². The molecule has 0 bridgehead atoms. The molecule has 5 nitrogen and oxygen atoms in total. The largest absolute Gasteiger partial charge is 0.507 e. The van der Waals surface area contributed by atoms with Gasteiger partial charge in [0.05, 0.1) is 10.5 Å². The normalized spacial score (nSPS) is 11.0. The topological polar surface area (TPSA) is 76.3 Å². The first kappa shape index (κ1) is 14.1. The van der Waals surface area contributed by atoms with E-state index < -0.39 is 4.92 Å². The van der Waals surface area contributed by atoms with E-state index in [2.05, 4.69) is 4.98 Å². The van der Waals surface area contributed by atoms with Gasteiger partial charge in [-0.2, -0.15) is 0 Å². The summed E-state index contributed by atoms with van der Waals surface area (Å²) in [6, 6.07) is 18.1. The molecule has 0 radical (unpaired) electrons. The maximum atomic E-state index is 11.7. The van der Waals surface area contributed by atoms with Gasteiger partial charge in [-0.25, -0.2) is 4.98 Å². The van der Waals surface area contributed by atoms with Crippen molar-refractivity contribution in [1.82, 2.24) is 4.98 Å². The van der Waals surface area contributed by atoms with Gasteiger partial charge in [-0.1, -0.05) is 36.4 Å². The van der Waals surface area contributed by atoms with Gasteiger partial charge in [-0.3, -0.25) is 10.1 Å². The van der Waals surface area contributed by atoms with Crippen LogP contribution in [0.15, 0.2) is 66.9 Å². The molecule has 0 saturated heterocycles. The highest BCUT2D eigenvalue weighted by molar-refractivity contribution is 6.00. The zero-order valence-corrected chi connectivity index (χ0v) is 12.5. The number of nitro benzene ring substituents is 1. The van der Waals surface area contributed by atoms with Gasteiger partial charge in [0.2, 0.25) is 0 Å². The Balaban J connectivity index is 2.07. The Labute approximate surface area is 137 Å². The number of nitrogens with zero attached hydrogens (tertiary/aromatic N) is 2. The first-order valence-corrected chi connectivity index (χ1v) is 7.39. The highest BCUT2D eigenvalue weighted by atomic mass is 16.6. The van der Waals surface area contributed by atoms with Crippen LogP contribution in [0.25, 0.3) is 32.8 Å². The second kappa shape index (κ2) is 5.31. The van der Waals surface area contributed by atoms with Gasteiger partial charge in [0, 0.05) is 11.6 Å². The smallest absolute Gasteiger partial charge is 0.303 e. The lowest BCUT2D eigenvalue weighted by Gasteiger charge is -2.09. The fourth-order valence-electron chi connectivity index (χ4n) is 2.97. The van der Waals surface area contributed by atoms with E-state index in [1.165, 1.54) is 12.3 Å². The summed E-state index contributed by atoms with van der Waals surface area (Å²) in [6.45, 7) is 0. The van der Waals surface area contributed by atoms with Crippen LogP contribution in [0.1, 0.15) is 0 Å². The van der Waals surface area contributed by atoms with Crippen LogP contribution in [0, 0.1) is 10.1 Å². The summed E-state index contributed by atoms with van der Waals surface area (Å²) < 4.78 is 0. The van der Waals surface area contributed by atoms with Gasteiger partial charge in [-0.15, -0.1) is 0 Å². The highest BCUT2D eigenvalue weighted by Crippen LogP contribution is 2.40. The van der Waals surface area contributed by atoms with Crippen LogP contribution in [-0.2, 0) is 0 Å². The number of aromatic nitrogens is 1. The van der Waals surface area contributed by atoms with Crippen LogP contribution in [0.5, 0.6) is 5.75 Å². The predicted molar refractivity (Wildman–Crippen MR) is 93.0 cm³/mol. The van der Waals surface area contributed by atoms with E-state index in [4.69, 9.17) is 0 Å². The van der Waals surface area contributed by atoms with Crippen molar-refractivity contribution in [2.75, 3.05) is 0 Å². The standard InChI is InChI=1S/C19H12N2O3/c22-17-11-16(14-8-7-12-4-1-2-5-13(12)10-14)19(21(23)24)18-15(17)6-3-9-20-18/h1-11,22H. The number of rotatable bonds is 2. The van der Waals surface area contributed by atoms with Crippen LogP contribution >= 0.6 is 0 Å². The average Bonchev–Trinajstić information content (AvgIpc) is 2.61. The van der Waals surface area contributed by atoms with Gasteiger partial charge in [0.25, 0.3) is 0 Å². The van der Waals surface area contributed by atoms with Gasteiger partial charge in [-0.05, 0) is 40.6 Å². The van der Waals surface area contributed by atoms with Crippen molar-refractivity contribution in [3.63, 3.8) is 0 Å². The van der Waals surface area contributed by atoms with Crippen molar-refractivity contribution in [2.24, 2.45) is 0 Å². The molecular formula is C19H12N2O3. The third kappa shape index (κ3) is 2.14. The number of benzene rings is 3. The minimum atomic E-state index is -0.445. The molecule has 0 aliphatic rings. The minimum absolute atomic E-state index is 0.0214. The lowest BCUT2D eigenvalue weighted by molar-refractivity contribution is -0.382. The van der Waals surface area contributed by atoms with Crippen molar-refractivity contribution in [3.05, 3.63) is 77.0 Å². The van der Waals surface area contributed by atoms with Gasteiger partial charge in [0.1, 0.15) is 5.75 Å². The fourth-order valence-corrected chi connectivity index (χ4v) is 2.97. The number of hydrogen-bond acceptors (Lipinski definition) is 4. The Kier molecular flexibility index (Phi) is 3.13. The summed E-state index contributed by atoms with van der Waals surface area (Å²) in [5, 5.41) is 24.3. The molecule has 1 N–H and O–H groups in total. The maximum Gasteiger partial charge on any atom is 0.303 e. The van der Waals surface area contributed by atoms with E-state index in [1.54, 1.807) is 12.1 Å². The Morgan fingerprint density at radius 2 is 1.75 bits per heavy atom.